The first-order valence-corrected chi connectivity index (χ1v) is 10.3. The predicted molar refractivity (Wildman–Crippen MR) is 127 cm³/mol. The van der Waals surface area contributed by atoms with Gasteiger partial charge in [0, 0.05) is 25.3 Å². The molecular weight excluding hydrogens is 388 g/mol. The minimum absolute atomic E-state index is 0.136. The number of carbonyl (C=O) groups excluding carboxylic acids is 2. The normalized spacial score (nSPS) is 11.6. The van der Waals surface area contributed by atoms with Crippen molar-refractivity contribution in [3.8, 4) is 0 Å². The van der Waals surface area contributed by atoms with Gasteiger partial charge in [-0.05, 0) is 36.1 Å². The van der Waals surface area contributed by atoms with Crippen molar-refractivity contribution < 1.29 is 9.59 Å². The summed E-state index contributed by atoms with van der Waals surface area (Å²) in [4.78, 5) is 23.4. The van der Waals surface area contributed by atoms with Crippen LogP contribution in [0.25, 0.3) is 12.2 Å². The number of nitrogens with one attached hydrogen (secondary N) is 2. The molecule has 0 saturated carbocycles. The second-order valence-corrected chi connectivity index (χ2v) is 6.73. The van der Waals surface area contributed by atoms with E-state index < -0.39 is 0 Å². The van der Waals surface area contributed by atoms with Crippen LogP contribution in [0.3, 0.4) is 0 Å². The molecule has 2 aromatic carbocycles. The molecule has 0 radical (unpaired) electrons. The van der Waals surface area contributed by atoms with Crippen LogP contribution in [0.5, 0.6) is 0 Å². The highest BCUT2D eigenvalue weighted by Crippen LogP contribution is 2.03. The molecule has 0 saturated heterocycles. The zero-order valence-corrected chi connectivity index (χ0v) is 17.5. The minimum Gasteiger partial charge on any atom is -0.273 e. The van der Waals surface area contributed by atoms with E-state index >= 15 is 0 Å². The maximum atomic E-state index is 11.7. The van der Waals surface area contributed by atoms with E-state index in [1.165, 1.54) is 0 Å². The van der Waals surface area contributed by atoms with Gasteiger partial charge in [0.1, 0.15) is 0 Å². The lowest BCUT2D eigenvalue weighted by Crippen LogP contribution is -2.17. The summed E-state index contributed by atoms with van der Waals surface area (Å²) in [7, 11) is 0. The second-order valence-electron chi connectivity index (χ2n) is 6.73. The lowest BCUT2D eigenvalue weighted by atomic mass is 10.1. The van der Waals surface area contributed by atoms with Crippen LogP contribution in [0, 0.1) is 0 Å². The Balaban J connectivity index is 1.48. The fraction of sp³-hybridized carbons (Fsp3) is 0.200. The summed E-state index contributed by atoms with van der Waals surface area (Å²) in [6, 6.07) is 19.7. The van der Waals surface area contributed by atoms with Crippen molar-refractivity contribution in [1.29, 1.82) is 0 Å². The number of benzene rings is 2. The SMILES string of the molecule is O=C(CCCCCC(=O)NN=CC=Cc1ccccc1)NN=CC=Cc1ccccc1. The van der Waals surface area contributed by atoms with Crippen molar-refractivity contribution in [3.05, 3.63) is 83.9 Å². The summed E-state index contributed by atoms with van der Waals surface area (Å²) in [5.74, 6) is -0.271. The molecule has 0 aromatic heterocycles. The zero-order valence-electron chi connectivity index (χ0n) is 17.5. The molecule has 0 aliphatic heterocycles. The van der Waals surface area contributed by atoms with Gasteiger partial charge in [-0.15, -0.1) is 0 Å². The van der Waals surface area contributed by atoms with Gasteiger partial charge in [0.05, 0.1) is 0 Å². The number of unbranched alkanes of at least 4 members (excludes halogenated alkanes) is 2. The molecule has 0 bridgehead atoms. The summed E-state index contributed by atoms with van der Waals surface area (Å²) in [6.45, 7) is 0. The van der Waals surface area contributed by atoms with Gasteiger partial charge >= 0.3 is 0 Å². The molecule has 31 heavy (non-hydrogen) atoms. The molecule has 0 fully saturated rings. The Morgan fingerprint density at radius 2 is 1.06 bits per heavy atom. The van der Waals surface area contributed by atoms with Crippen molar-refractivity contribution in [3.63, 3.8) is 0 Å². The number of rotatable bonds is 12. The highest BCUT2D eigenvalue weighted by atomic mass is 16.2. The zero-order chi connectivity index (χ0) is 22.0. The second kappa shape index (κ2) is 15.1. The van der Waals surface area contributed by atoms with Gasteiger partial charge in [-0.25, -0.2) is 10.9 Å². The lowest BCUT2D eigenvalue weighted by Gasteiger charge is -2.01. The Kier molecular flexibility index (Phi) is 11.4. The number of allylic oxidation sites excluding steroid dienone is 2. The van der Waals surface area contributed by atoms with E-state index in [1.54, 1.807) is 24.6 Å². The van der Waals surface area contributed by atoms with Crippen LogP contribution in [-0.2, 0) is 9.59 Å². The number of amides is 2. The van der Waals surface area contributed by atoms with Crippen molar-refractivity contribution in [1.82, 2.24) is 10.9 Å². The number of carbonyl (C=O) groups is 2. The van der Waals surface area contributed by atoms with Gasteiger partial charge in [0.25, 0.3) is 0 Å². The van der Waals surface area contributed by atoms with Crippen molar-refractivity contribution in [2.75, 3.05) is 0 Å². The standard InChI is InChI=1S/C25H28N4O2/c30-24(28-26-20-10-16-22-12-4-1-5-13-22)18-8-3-9-19-25(31)29-27-21-11-17-23-14-6-2-7-15-23/h1-2,4-7,10-17,20-21H,3,8-9,18-19H2,(H,28,30)(H,29,31). The summed E-state index contributed by atoms with van der Waals surface area (Å²) < 4.78 is 0. The fourth-order valence-corrected chi connectivity index (χ4v) is 2.60. The smallest absolute Gasteiger partial charge is 0.240 e. The Morgan fingerprint density at radius 1 is 0.645 bits per heavy atom. The predicted octanol–water partition coefficient (Wildman–Crippen LogP) is 4.57. The van der Waals surface area contributed by atoms with Crippen molar-refractivity contribution in [2.24, 2.45) is 10.2 Å². The molecule has 0 atom stereocenters. The summed E-state index contributed by atoms with van der Waals surface area (Å²) in [5, 5.41) is 7.77. The number of nitrogens with zero attached hydrogens (tertiary/aromatic N) is 2. The third kappa shape index (κ3) is 11.7. The molecule has 0 aliphatic carbocycles. The van der Waals surface area contributed by atoms with E-state index in [-0.39, 0.29) is 11.8 Å². The van der Waals surface area contributed by atoms with Crippen LogP contribution in [-0.4, -0.2) is 24.2 Å². The van der Waals surface area contributed by atoms with Crippen LogP contribution < -0.4 is 10.9 Å². The van der Waals surface area contributed by atoms with Gasteiger partial charge in [-0.2, -0.15) is 10.2 Å². The summed E-state index contributed by atoms with van der Waals surface area (Å²) in [5.41, 5.74) is 7.13. The number of hydrazone groups is 2. The minimum atomic E-state index is -0.136. The van der Waals surface area contributed by atoms with Gasteiger partial charge in [-0.3, -0.25) is 9.59 Å². The molecule has 2 aromatic rings. The molecule has 6 nitrogen and oxygen atoms in total. The molecule has 0 unspecified atom stereocenters. The molecule has 2 N–H and O–H groups in total. The van der Waals surface area contributed by atoms with E-state index in [0.717, 1.165) is 17.5 Å². The van der Waals surface area contributed by atoms with Gasteiger partial charge < -0.3 is 0 Å². The van der Waals surface area contributed by atoms with Crippen LogP contribution in [0.15, 0.2) is 83.0 Å². The van der Waals surface area contributed by atoms with Crippen LogP contribution >= 0.6 is 0 Å². The maximum Gasteiger partial charge on any atom is 0.240 e. The summed E-state index contributed by atoms with van der Waals surface area (Å²) >= 11 is 0. The first-order valence-electron chi connectivity index (χ1n) is 10.3. The molecule has 2 amide bonds. The molecule has 160 valence electrons. The average molecular weight is 417 g/mol. The Hall–Kier alpha value is -3.80. The molecule has 0 spiro atoms. The van der Waals surface area contributed by atoms with E-state index in [4.69, 9.17) is 0 Å². The quantitative estimate of drug-likeness (QED) is 0.302. The molecule has 0 aliphatic rings. The van der Waals surface area contributed by atoms with Gasteiger partial charge in [0.15, 0.2) is 0 Å². The molecule has 2 rings (SSSR count). The monoisotopic (exact) mass is 416 g/mol. The maximum absolute atomic E-state index is 11.7. The van der Waals surface area contributed by atoms with Gasteiger partial charge in [0.2, 0.25) is 11.8 Å². The Labute approximate surface area is 183 Å². The Bertz CT molecular complexity index is 828. The Morgan fingerprint density at radius 3 is 1.48 bits per heavy atom. The van der Waals surface area contributed by atoms with Crippen molar-refractivity contribution >= 4 is 36.4 Å². The first-order chi connectivity index (χ1) is 15.2. The van der Waals surface area contributed by atoms with Crippen LogP contribution in [0.1, 0.15) is 43.2 Å². The highest BCUT2D eigenvalue weighted by Gasteiger charge is 2.02. The van der Waals surface area contributed by atoms with E-state index in [1.807, 2.05) is 72.8 Å². The summed E-state index contributed by atoms with van der Waals surface area (Å²) in [6.07, 6.45) is 13.4. The van der Waals surface area contributed by atoms with Crippen molar-refractivity contribution in [2.45, 2.75) is 32.1 Å². The highest BCUT2D eigenvalue weighted by molar-refractivity contribution is 5.82. The largest absolute Gasteiger partial charge is 0.273 e. The third-order valence-corrected chi connectivity index (χ3v) is 4.18. The third-order valence-electron chi connectivity index (χ3n) is 4.18. The van der Waals surface area contributed by atoms with Crippen LogP contribution in [0.4, 0.5) is 0 Å². The van der Waals surface area contributed by atoms with E-state index in [9.17, 15) is 9.59 Å². The van der Waals surface area contributed by atoms with E-state index in [0.29, 0.717) is 25.7 Å². The van der Waals surface area contributed by atoms with Gasteiger partial charge in [-0.1, -0.05) is 79.2 Å². The van der Waals surface area contributed by atoms with Crippen LogP contribution in [0.2, 0.25) is 0 Å². The molecular formula is C25H28N4O2. The lowest BCUT2D eigenvalue weighted by molar-refractivity contribution is -0.121. The molecule has 0 heterocycles. The number of hydrogen-bond acceptors (Lipinski definition) is 4. The average Bonchev–Trinajstić information content (AvgIpc) is 2.80. The van der Waals surface area contributed by atoms with E-state index in [2.05, 4.69) is 21.1 Å². The molecule has 6 heteroatoms. The number of hydrogen-bond donors (Lipinski definition) is 2. The fourth-order valence-electron chi connectivity index (χ4n) is 2.60. The topological polar surface area (TPSA) is 82.9 Å². The first kappa shape index (κ1) is 23.5.